The Labute approximate surface area is 104 Å². The van der Waals surface area contributed by atoms with Gasteiger partial charge in [0.2, 0.25) is 0 Å². The van der Waals surface area contributed by atoms with Crippen molar-refractivity contribution >= 4 is 0 Å². The number of nitrogens with two attached hydrogens (primary N) is 1. The summed E-state index contributed by atoms with van der Waals surface area (Å²) in [5.41, 5.74) is 8.15. The van der Waals surface area contributed by atoms with Crippen molar-refractivity contribution in [2.45, 2.75) is 32.3 Å². The highest BCUT2D eigenvalue weighted by Crippen LogP contribution is 2.14. The Hall–Kier alpha value is -1.12. The van der Waals surface area contributed by atoms with E-state index >= 15 is 0 Å². The molecule has 0 aliphatic rings. The first-order valence-corrected chi connectivity index (χ1v) is 6.25. The van der Waals surface area contributed by atoms with E-state index in [4.69, 9.17) is 10.5 Å². The van der Waals surface area contributed by atoms with Crippen LogP contribution in [0.5, 0.6) is 0 Å². The minimum absolute atomic E-state index is 0.428. The summed E-state index contributed by atoms with van der Waals surface area (Å²) in [6, 6.07) is 8.52. The minimum atomic E-state index is 0.428. The van der Waals surface area contributed by atoms with E-state index in [-0.39, 0.29) is 0 Å². The predicted octanol–water partition coefficient (Wildman–Crippen LogP) is 3.23. The maximum Gasteiger partial charge on any atom is 0.0716 e. The summed E-state index contributed by atoms with van der Waals surface area (Å²) in [4.78, 5) is 0. The monoisotopic (exact) mass is 233 g/mol. The molecule has 0 radical (unpaired) electrons. The van der Waals surface area contributed by atoms with Gasteiger partial charge in [-0.05, 0) is 36.4 Å². The molecular formula is C15H23NO. The third kappa shape index (κ3) is 5.16. The van der Waals surface area contributed by atoms with Crippen molar-refractivity contribution in [3.8, 4) is 0 Å². The minimum Gasteiger partial charge on any atom is -0.377 e. The average molecular weight is 233 g/mol. The van der Waals surface area contributed by atoms with E-state index in [9.17, 15) is 0 Å². The first-order valence-electron chi connectivity index (χ1n) is 6.25. The molecule has 2 heteroatoms. The molecule has 2 N–H and O–H groups in total. The SMILES string of the molecule is C=CCCCOCc1ccc(C(C)CN)cc1. The fourth-order valence-corrected chi connectivity index (χ4v) is 1.60. The van der Waals surface area contributed by atoms with Gasteiger partial charge in [-0.15, -0.1) is 6.58 Å². The van der Waals surface area contributed by atoms with Crippen LogP contribution in [-0.4, -0.2) is 13.2 Å². The van der Waals surface area contributed by atoms with Crippen LogP contribution in [0.3, 0.4) is 0 Å². The highest BCUT2D eigenvalue weighted by molar-refractivity contribution is 5.24. The lowest BCUT2D eigenvalue weighted by Gasteiger charge is -2.09. The Morgan fingerprint density at radius 3 is 2.65 bits per heavy atom. The molecule has 1 aromatic rings. The van der Waals surface area contributed by atoms with Gasteiger partial charge in [0, 0.05) is 6.61 Å². The summed E-state index contributed by atoms with van der Waals surface area (Å²) in [5, 5.41) is 0. The van der Waals surface area contributed by atoms with E-state index in [2.05, 4.69) is 37.8 Å². The van der Waals surface area contributed by atoms with Gasteiger partial charge >= 0.3 is 0 Å². The zero-order valence-corrected chi connectivity index (χ0v) is 10.7. The van der Waals surface area contributed by atoms with Gasteiger partial charge in [-0.3, -0.25) is 0 Å². The molecule has 94 valence electrons. The largest absolute Gasteiger partial charge is 0.377 e. The Morgan fingerprint density at radius 1 is 1.35 bits per heavy atom. The van der Waals surface area contributed by atoms with Crippen LogP contribution in [0.15, 0.2) is 36.9 Å². The lowest BCUT2D eigenvalue weighted by atomic mass is 10.0. The molecule has 0 aromatic heterocycles. The van der Waals surface area contributed by atoms with Crippen molar-refractivity contribution in [1.82, 2.24) is 0 Å². The molecule has 1 unspecified atom stereocenters. The molecule has 0 saturated heterocycles. The van der Waals surface area contributed by atoms with Gasteiger partial charge < -0.3 is 10.5 Å². The summed E-state index contributed by atoms with van der Waals surface area (Å²) < 4.78 is 5.58. The van der Waals surface area contributed by atoms with Gasteiger partial charge in [-0.25, -0.2) is 0 Å². The standard InChI is InChI=1S/C15H23NO/c1-3-4-5-10-17-12-14-6-8-15(9-7-14)13(2)11-16/h3,6-9,13H,1,4-5,10-12,16H2,2H3. The number of allylic oxidation sites excluding steroid dienone is 1. The molecule has 1 rings (SSSR count). The highest BCUT2D eigenvalue weighted by Gasteiger charge is 2.02. The van der Waals surface area contributed by atoms with E-state index in [0.717, 1.165) is 19.4 Å². The molecule has 1 aromatic carbocycles. The van der Waals surface area contributed by atoms with Crippen LogP contribution >= 0.6 is 0 Å². The molecule has 0 fully saturated rings. The molecule has 17 heavy (non-hydrogen) atoms. The quantitative estimate of drug-likeness (QED) is 0.552. The Bertz CT molecular complexity index is 318. The van der Waals surface area contributed by atoms with Crippen LogP contribution < -0.4 is 5.73 Å². The van der Waals surface area contributed by atoms with Crippen LogP contribution in [0, 0.1) is 0 Å². The smallest absolute Gasteiger partial charge is 0.0716 e. The second-order valence-electron chi connectivity index (χ2n) is 4.36. The molecule has 0 heterocycles. The fourth-order valence-electron chi connectivity index (χ4n) is 1.60. The maximum atomic E-state index is 5.64. The molecule has 0 aliphatic carbocycles. The number of rotatable bonds is 8. The van der Waals surface area contributed by atoms with Gasteiger partial charge in [-0.2, -0.15) is 0 Å². The zero-order valence-electron chi connectivity index (χ0n) is 10.7. The average Bonchev–Trinajstić information content (AvgIpc) is 2.38. The molecular weight excluding hydrogens is 210 g/mol. The zero-order chi connectivity index (χ0) is 12.5. The fraction of sp³-hybridized carbons (Fsp3) is 0.467. The first kappa shape index (κ1) is 13.9. The Balaban J connectivity index is 2.32. The number of unbranched alkanes of at least 4 members (excludes halogenated alkanes) is 1. The van der Waals surface area contributed by atoms with E-state index in [1.165, 1.54) is 11.1 Å². The van der Waals surface area contributed by atoms with Crippen LogP contribution in [-0.2, 0) is 11.3 Å². The molecule has 0 aliphatic heterocycles. The van der Waals surface area contributed by atoms with Gasteiger partial charge in [0.1, 0.15) is 0 Å². The topological polar surface area (TPSA) is 35.2 Å². The highest BCUT2D eigenvalue weighted by atomic mass is 16.5. The van der Waals surface area contributed by atoms with Crippen LogP contribution in [0.25, 0.3) is 0 Å². The second kappa shape index (κ2) is 8.04. The molecule has 0 bridgehead atoms. The number of ether oxygens (including phenoxy) is 1. The second-order valence-corrected chi connectivity index (χ2v) is 4.36. The normalized spacial score (nSPS) is 12.4. The summed E-state index contributed by atoms with van der Waals surface area (Å²) in [6.07, 6.45) is 3.99. The molecule has 0 saturated carbocycles. The number of benzene rings is 1. The number of hydrogen-bond acceptors (Lipinski definition) is 2. The van der Waals surface area contributed by atoms with E-state index < -0.39 is 0 Å². The molecule has 1 atom stereocenters. The summed E-state index contributed by atoms with van der Waals surface area (Å²) >= 11 is 0. The lowest BCUT2D eigenvalue weighted by molar-refractivity contribution is 0.119. The van der Waals surface area contributed by atoms with Crippen LogP contribution in [0.1, 0.15) is 36.8 Å². The van der Waals surface area contributed by atoms with Crippen LogP contribution in [0.4, 0.5) is 0 Å². The molecule has 2 nitrogen and oxygen atoms in total. The van der Waals surface area contributed by atoms with Crippen molar-refractivity contribution in [1.29, 1.82) is 0 Å². The lowest BCUT2D eigenvalue weighted by Crippen LogP contribution is -2.08. The van der Waals surface area contributed by atoms with E-state index in [1.807, 2.05) is 6.08 Å². The number of hydrogen-bond donors (Lipinski definition) is 1. The summed E-state index contributed by atoms with van der Waals surface area (Å²) in [6.45, 7) is 8.00. The Kier molecular flexibility index (Phi) is 6.60. The van der Waals surface area contributed by atoms with Crippen LogP contribution in [0.2, 0.25) is 0 Å². The van der Waals surface area contributed by atoms with Gasteiger partial charge in [-0.1, -0.05) is 37.3 Å². The third-order valence-corrected chi connectivity index (χ3v) is 2.87. The van der Waals surface area contributed by atoms with Crippen molar-refractivity contribution < 1.29 is 4.74 Å². The van der Waals surface area contributed by atoms with Crippen molar-refractivity contribution in [2.24, 2.45) is 5.73 Å². The van der Waals surface area contributed by atoms with Gasteiger partial charge in [0.15, 0.2) is 0 Å². The van der Waals surface area contributed by atoms with E-state index in [0.29, 0.717) is 19.1 Å². The predicted molar refractivity (Wildman–Crippen MR) is 73.0 cm³/mol. The summed E-state index contributed by atoms with van der Waals surface area (Å²) in [7, 11) is 0. The first-order chi connectivity index (χ1) is 8.27. The van der Waals surface area contributed by atoms with Gasteiger partial charge in [0.25, 0.3) is 0 Å². The van der Waals surface area contributed by atoms with Crippen molar-refractivity contribution in [2.75, 3.05) is 13.2 Å². The van der Waals surface area contributed by atoms with Crippen molar-refractivity contribution in [3.05, 3.63) is 48.0 Å². The molecule has 0 amide bonds. The van der Waals surface area contributed by atoms with Gasteiger partial charge in [0.05, 0.1) is 6.61 Å². The third-order valence-electron chi connectivity index (χ3n) is 2.87. The maximum absolute atomic E-state index is 5.64. The summed E-state index contributed by atoms with van der Waals surface area (Å²) in [5.74, 6) is 0.428. The van der Waals surface area contributed by atoms with Crippen molar-refractivity contribution in [3.63, 3.8) is 0 Å². The van der Waals surface area contributed by atoms with E-state index in [1.54, 1.807) is 0 Å². The Morgan fingerprint density at radius 2 is 2.06 bits per heavy atom. The molecule has 0 spiro atoms.